The van der Waals surface area contributed by atoms with Gasteiger partial charge < -0.3 is 5.11 Å². The van der Waals surface area contributed by atoms with Crippen molar-refractivity contribution in [1.29, 1.82) is 0 Å². The van der Waals surface area contributed by atoms with Crippen molar-refractivity contribution < 1.29 is 18.3 Å². The van der Waals surface area contributed by atoms with Gasteiger partial charge >= 0.3 is 6.18 Å². The summed E-state index contributed by atoms with van der Waals surface area (Å²) in [4.78, 5) is 0. The molecule has 4 rings (SSSR count). The lowest BCUT2D eigenvalue weighted by molar-refractivity contribution is -0.338. The van der Waals surface area contributed by atoms with Crippen LogP contribution in [0.2, 0.25) is 0 Å². The van der Waals surface area contributed by atoms with Crippen LogP contribution in [-0.4, -0.2) is 16.9 Å². The van der Waals surface area contributed by atoms with Gasteiger partial charge in [0.2, 0.25) is 0 Å². The lowest BCUT2D eigenvalue weighted by Gasteiger charge is -2.63. The average Bonchev–Trinajstić information content (AvgIpc) is 2.22. The van der Waals surface area contributed by atoms with E-state index in [1.807, 2.05) is 6.92 Å². The quantitative estimate of drug-likeness (QED) is 0.713. The molecule has 0 spiro atoms. The molecular weight excluding hydrogens is 241 g/mol. The van der Waals surface area contributed by atoms with Crippen LogP contribution in [0, 0.1) is 23.2 Å². The number of hydrogen-bond donors (Lipinski definition) is 1. The lowest BCUT2D eigenvalue weighted by atomic mass is 9.43. The second-order valence-corrected chi connectivity index (χ2v) is 6.73. The second-order valence-electron chi connectivity index (χ2n) is 6.73. The molecule has 0 aromatic heterocycles. The largest absolute Gasteiger partial charge is 0.417 e. The van der Waals surface area contributed by atoms with E-state index in [2.05, 4.69) is 6.58 Å². The molecule has 102 valence electrons. The van der Waals surface area contributed by atoms with Crippen molar-refractivity contribution in [2.75, 3.05) is 0 Å². The van der Waals surface area contributed by atoms with Crippen molar-refractivity contribution in [3.8, 4) is 0 Å². The van der Waals surface area contributed by atoms with Crippen molar-refractivity contribution in [3.05, 3.63) is 12.2 Å². The Morgan fingerprint density at radius 3 is 2.06 bits per heavy atom. The number of aliphatic hydroxyl groups is 1. The van der Waals surface area contributed by atoms with E-state index in [0.29, 0.717) is 31.6 Å². The molecule has 2 unspecified atom stereocenters. The highest BCUT2D eigenvalue weighted by Crippen LogP contribution is 2.68. The van der Waals surface area contributed by atoms with E-state index in [9.17, 15) is 18.3 Å². The summed E-state index contributed by atoms with van der Waals surface area (Å²) < 4.78 is 39.7. The van der Waals surface area contributed by atoms with Crippen LogP contribution in [0.1, 0.15) is 39.0 Å². The SMILES string of the molecule is C=C(C)C12CC3CC(C1)C(O)(C(F)(F)F)C(C3)C2. The summed E-state index contributed by atoms with van der Waals surface area (Å²) in [7, 11) is 0. The molecule has 0 saturated heterocycles. The van der Waals surface area contributed by atoms with Crippen molar-refractivity contribution in [2.24, 2.45) is 23.2 Å². The first-order chi connectivity index (χ1) is 8.19. The second kappa shape index (κ2) is 3.33. The van der Waals surface area contributed by atoms with Crippen molar-refractivity contribution >= 4 is 0 Å². The number of alkyl halides is 3. The summed E-state index contributed by atoms with van der Waals surface area (Å²) >= 11 is 0. The third-order valence-electron chi connectivity index (χ3n) is 5.79. The van der Waals surface area contributed by atoms with Crippen LogP contribution in [0.25, 0.3) is 0 Å². The zero-order valence-corrected chi connectivity index (χ0v) is 10.6. The monoisotopic (exact) mass is 260 g/mol. The Balaban J connectivity index is 2.02. The third kappa shape index (κ3) is 1.33. The van der Waals surface area contributed by atoms with Crippen LogP contribution in [0.4, 0.5) is 13.2 Å². The summed E-state index contributed by atoms with van der Waals surface area (Å²) in [5, 5.41) is 10.3. The van der Waals surface area contributed by atoms with Crippen molar-refractivity contribution in [2.45, 2.75) is 50.8 Å². The third-order valence-corrected chi connectivity index (χ3v) is 5.79. The maximum atomic E-state index is 13.2. The van der Waals surface area contributed by atoms with Gasteiger partial charge in [0.1, 0.15) is 0 Å². The van der Waals surface area contributed by atoms with E-state index in [0.717, 1.165) is 12.0 Å². The predicted molar refractivity (Wildman–Crippen MR) is 61.8 cm³/mol. The van der Waals surface area contributed by atoms with E-state index >= 15 is 0 Å². The molecule has 0 amide bonds. The Bertz CT molecular complexity index is 382. The van der Waals surface area contributed by atoms with Gasteiger partial charge in [-0.3, -0.25) is 0 Å². The number of hydrogen-bond acceptors (Lipinski definition) is 1. The smallest absolute Gasteiger partial charge is 0.380 e. The van der Waals surface area contributed by atoms with Crippen LogP contribution in [0.5, 0.6) is 0 Å². The molecule has 4 aliphatic rings. The molecule has 0 aromatic rings. The average molecular weight is 260 g/mol. The number of allylic oxidation sites excluding steroid dienone is 1. The Hall–Kier alpha value is -0.510. The molecule has 0 heterocycles. The van der Waals surface area contributed by atoms with Crippen molar-refractivity contribution in [1.82, 2.24) is 0 Å². The lowest BCUT2D eigenvalue weighted by Crippen LogP contribution is -2.67. The number of rotatable bonds is 1. The van der Waals surface area contributed by atoms with E-state index in [-0.39, 0.29) is 5.41 Å². The fourth-order valence-electron chi connectivity index (χ4n) is 4.97. The molecule has 4 aliphatic carbocycles. The zero-order valence-electron chi connectivity index (χ0n) is 10.6. The van der Waals surface area contributed by atoms with Gasteiger partial charge in [0.25, 0.3) is 0 Å². The highest BCUT2D eigenvalue weighted by Gasteiger charge is 2.71. The van der Waals surface area contributed by atoms with E-state index in [1.165, 1.54) is 0 Å². The zero-order chi connectivity index (χ0) is 13.3. The van der Waals surface area contributed by atoms with Crippen LogP contribution in [0.3, 0.4) is 0 Å². The van der Waals surface area contributed by atoms with Gasteiger partial charge in [-0.25, -0.2) is 0 Å². The highest BCUT2D eigenvalue weighted by atomic mass is 19.4. The molecule has 4 fully saturated rings. The van der Waals surface area contributed by atoms with Gasteiger partial charge in [0.15, 0.2) is 5.60 Å². The van der Waals surface area contributed by atoms with Crippen LogP contribution >= 0.6 is 0 Å². The molecular formula is C14H19F3O. The first-order valence-electron chi connectivity index (χ1n) is 6.64. The minimum Gasteiger partial charge on any atom is -0.380 e. The molecule has 18 heavy (non-hydrogen) atoms. The summed E-state index contributed by atoms with van der Waals surface area (Å²) in [6.07, 6.45) is -1.53. The summed E-state index contributed by atoms with van der Waals surface area (Å²) in [5.41, 5.74) is -1.57. The van der Waals surface area contributed by atoms with Crippen LogP contribution < -0.4 is 0 Å². The van der Waals surface area contributed by atoms with Gasteiger partial charge in [-0.2, -0.15) is 13.2 Å². The van der Waals surface area contributed by atoms with Crippen LogP contribution in [0.15, 0.2) is 12.2 Å². The van der Waals surface area contributed by atoms with Gasteiger partial charge in [-0.05, 0) is 62.2 Å². The van der Waals surface area contributed by atoms with E-state index < -0.39 is 23.6 Å². The molecule has 0 aromatic carbocycles. The molecule has 0 radical (unpaired) electrons. The fraction of sp³-hybridized carbons (Fsp3) is 0.857. The summed E-state index contributed by atoms with van der Waals surface area (Å²) in [6.45, 7) is 5.92. The Kier molecular flexibility index (Phi) is 2.31. The first-order valence-corrected chi connectivity index (χ1v) is 6.64. The maximum Gasteiger partial charge on any atom is 0.417 e. The molecule has 2 atom stereocenters. The highest BCUT2D eigenvalue weighted by molar-refractivity contribution is 5.22. The molecule has 1 N–H and O–H groups in total. The topological polar surface area (TPSA) is 20.2 Å². The fourth-order valence-corrected chi connectivity index (χ4v) is 4.97. The number of halogens is 3. The summed E-state index contributed by atoms with van der Waals surface area (Å²) in [6, 6.07) is 0. The van der Waals surface area contributed by atoms with Crippen molar-refractivity contribution in [3.63, 3.8) is 0 Å². The maximum absolute atomic E-state index is 13.2. The van der Waals surface area contributed by atoms with Gasteiger partial charge in [0, 0.05) is 0 Å². The standard InChI is InChI=1S/C14H19F3O/c1-8(2)12-5-9-3-10(6-12)13(18,14(15,16)17)11(4-9)7-12/h9-11,18H,1,3-7H2,2H3. The molecule has 4 heteroatoms. The van der Waals surface area contributed by atoms with Crippen LogP contribution in [-0.2, 0) is 0 Å². The molecule has 1 nitrogen and oxygen atoms in total. The Labute approximate surface area is 105 Å². The Morgan fingerprint density at radius 1 is 1.17 bits per heavy atom. The van der Waals surface area contributed by atoms with Gasteiger partial charge in [0.05, 0.1) is 0 Å². The molecule has 0 aliphatic heterocycles. The predicted octanol–water partition coefficient (Wildman–Crippen LogP) is 3.68. The minimum absolute atomic E-state index is 0.131. The normalized spacial score (nSPS) is 50.6. The summed E-state index contributed by atoms with van der Waals surface area (Å²) in [5.74, 6) is -0.900. The first kappa shape index (κ1) is 12.5. The van der Waals surface area contributed by atoms with E-state index in [4.69, 9.17) is 0 Å². The minimum atomic E-state index is -4.49. The molecule has 4 bridgehead atoms. The van der Waals surface area contributed by atoms with Gasteiger partial charge in [-0.1, -0.05) is 12.2 Å². The van der Waals surface area contributed by atoms with Gasteiger partial charge in [-0.15, -0.1) is 0 Å². The molecule has 4 saturated carbocycles. The Morgan fingerprint density at radius 2 is 1.67 bits per heavy atom. The van der Waals surface area contributed by atoms with E-state index in [1.54, 1.807) is 0 Å².